The molecule has 0 aromatic heterocycles. The van der Waals surface area contributed by atoms with Crippen LogP contribution in [0.1, 0.15) is 90.5 Å². The number of amides is 2. The molecule has 2 N–H and O–H groups in total. The molecule has 44 heavy (non-hydrogen) atoms. The molecule has 2 fully saturated rings. The van der Waals surface area contributed by atoms with Gasteiger partial charge in [0.05, 0.1) is 35.6 Å². The van der Waals surface area contributed by atoms with Gasteiger partial charge in [-0.1, -0.05) is 25.7 Å². The number of hydrogen-bond acceptors (Lipinski definition) is 10. The average Bonchev–Trinajstić information content (AvgIpc) is 2.97. The number of esters is 2. The fourth-order valence-electron chi connectivity index (χ4n) is 5.34. The summed E-state index contributed by atoms with van der Waals surface area (Å²) in [6.07, 6.45) is 5.78. The molecule has 244 valence electrons. The normalized spacial score (nSPS) is 22.0. The number of nitro groups is 1. The molecular formula is C31H45N3O10. The molecular weight excluding hydrogens is 574 g/mol. The van der Waals surface area contributed by atoms with Crippen LogP contribution in [-0.2, 0) is 44.7 Å². The Morgan fingerprint density at radius 2 is 1.34 bits per heavy atom. The van der Waals surface area contributed by atoms with Gasteiger partial charge in [0.15, 0.2) is 0 Å². The SMILES string of the molecule is CC(C)(C)OC(=O)CO[C@H]1CCCC[C@@H]1NC(=O)CO[C@H]1CCCC[C@@H]1NC(=O)CCC(=O)OCc1ccc([N+](=O)[O-])cc1. The van der Waals surface area contributed by atoms with Crippen molar-refractivity contribution in [3.05, 3.63) is 39.9 Å². The van der Waals surface area contributed by atoms with Crippen molar-refractivity contribution in [1.82, 2.24) is 10.6 Å². The number of carbonyl (C=O) groups is 4. The summed E-state index contributed by atoms with van der Waals surface area (Å²) < 4.78 is 22.3. The Morgan fingerprint density at radius 1 is 0.795 bits per heavy atom. The second kappa shape index (κ2) is 17.0. The van der Waals surface area contributed by atoms with E-state index in [9.17, 15) is 29.3 Å². The minimum atomic E-state index is -0.598. The maximum atomic E-state index is 12.8. The van der Waals surface area contributed by atoms with Crippen LogP contribution >= 0.6 is 0 Å². The molecule has 13 nitrogen and oxygen atoms in total. The number of ether oxygens (including phenoxy) is 4. The summed E-state index contributed by atoms with van der Waals surface area (Å²) in [7, 11) is 0. The first-order valence-corrected chi connectivity index (χ1v) is 15.3. The van der Waals surface area contributed by atoms with Crippen molar-refractivity contribution in [2.45, 2.75) is 121 Å². The lowest BCUT2D eigenvalue weighted by atomic mass is 9.92. The Hall–Kier alpha value is -3.58. The highest BCUT2D eigenvalue weighted by Gasteiger charge is 2.31. The van der Waals surface area contributed by atoms with Gasteiger partial charge >= 0.3 is 11.9 Å². The van der Waals surface area contributed by atoms with E-state index in [0.717, 1.165) is 38.5 Å². The summed E-state index contributed by atoms with van der Waals surface area (Å²) in [6, 6.07) is 5.17. The third kappa shape index (κ3) is 12.6. The Labute approximate surface area is 257 Å². The number of benzene rings is 1. The van der Waals surface area contributed by atoms with Crippen molar-refractivity contribution in [3.8, 4) is 0 Å². The van der Waals surface area contributed by atoms with E-state index in [1.54, 1.807) is 20.8 Å². The zero-order chi connectivity index (χ0) is 32.1. The highest BCUT2D eigenvalue weighted by Crippen LogP contribution is 2.23. The Kier molecular flexibility index (Phi) is 13.5. The van der Waals surface area contributed by atoms with Gasteiger partial charge in [-0.15, -0.1) is 0 Å². The van der Waals surface area contributed by atoms with E-state index >= 15 is 0 Å². The molecule has 0 saturated heterocycles. The number of carbonyl (C=O) groups excluding carboxylic acids is 4. The Bertz CT molecular complexity index is 1130. The monoisotopic (exact) mass is 619 g/mol. The molecule has 0 heterocycles. The quantitative estimate of drug-likeness (QED) is 0.178. The minimum Gasteiger partial charge on any atom is -0.461 e. The number of nitrogens with one attached hydrogen (secondary N) is 2. The smallest absolute Gasteiger partial charge is 0.332 e. The van der Waals surface area contributed by atoms with Gasteiger partial charge in [-0.3, -0.25) is 24.5 Å². The first kappa shape index (κ1) is 34.9. The molecule has 2 aliphatic rings. The van der Waals surface area contributed by atoms with Crippen molar-refractivity contribution >= 4 is 29.4 Å². The third-order valence-corrected chi connectivity index (χ3v) is 7.46. The van der Waals surface area contributed by atoms with Gasteiger partial charge in [-0.2, -0.15) is 0 Å². The van der Waals surface area contributed by atoms with Crippen LogP contribution in [0.3, 0.4) is 0 Å². The standard InChI is InChI=1S/C31H45N3O10/c1-31(2,3)44-30(38)20-42-26-11-7-5-9-24(26)33-28(36)19-41-25-10-6-4-8-23(25)32-27(35)16-17-29(37)43-18-21-12-14-22(15-13-21)34(39)40/h12-15,23-26H,4-11,16-20H2,1-3H3,(H,32,35)(H,33,36)/t23-,24-,25-,26-/m0/s1. The maximum Gasteiger partial charge on any atom is 0.332 e. The molecule has 3 rings (SSSR count). The molecule has 2 aliphatic carbocycles. The summed E-state index contributed by atoms with van der Waals surface area (Å²) in [5.41, 5.74) is -0.0483. The maximum absolute atomic E-state index is 12.8. The molecule has 0 bridgehead atoms. The van der Waals surface area contributed by atoms with Crippen molar-refractivity contribution in [1.29, 1.82) is 0 Å². The van der Waals surface area contributed by atoms with Crippen LogP contribution < -0.4 is 10.6 Å². The first-order chi connectivity index (χ1) is 20.9. The molecule has 4 atom stereocenters. The van der Waals surface area contributed by atoms with Gasteiger partial charge in [-0.25, -0.2) is 4.79 Å². The van der Waals surface area contributed by atoms with E-state index < -0.39 is 22.5 Å². The van der Waals surface area contributed by atoms with E-state index in [-0.39, 0.29) is 74.5 Å². The number of hydrogen-bond donors (Lipinski definition) is 2. The fraction of sp³-hybridized carbons (Fsp3) is 0.677. The highest BCUT2D eigenvalue weighted by molar-refractivity contribution is 5.81. The highest BCUT2D eigenvalue weighted by atomic mass is 16.6. The fourth-order valence-corrected chi connectivity index (χ4v) is 5.34. The number of rotatable bonds is 14. The molecule has 1 aromatic carbocycles. The van der Waals surface area contributed by atoms with Crippen molar-refractivity contribution in [2.75, 3.05) is 13.2 Å². The van der Waals surface area contributed by atoms with Crippen molar-refractivity contribution in [3.63, 3.8) is 0 Å². The molecule has 0 unspecified atom stereocenters. The number of nitro benzene ring substituents is 1. The first-order valence-electron chi connectivity index (χ1n) is 15.3. The van der Waals surface area contributed by atoms with Gasteiger partial charge in [0.25, 0.3) is 5.69 Å². The summed E-state index contributed by atoms with van der Waals surface area (Å²) >= 11 is 0. The lowest BCUT2D eigenvalue weighted by molar-refractivity contribution is -0.384. The molecule has 0 spiro atoms. The van der Waals surface area contributed by atoms with E-state index in [1.165, 1.54) is 24.3 Å². The summed E-state index contributed by atoms with van der Waals surface area (Å²) in [4.78, 5) is 59.8. The zero-order valence-electron chi connectivity index (χ0n) is 25.8. The molecule has 2 amide bonds. The minimum absolute atomic E-state index is 0.0451. The topological polar surface area (TPSA) is 172 Å². The molecule has 0 radical (unpaired) electrons. The second-order valence-corrected chi connectivity index (χ2v) is 12.3. The Morgan fingerprint density at radius 3 is 1.91 bits per heavy atom. The molecule has 2 saturated carbocycles. The third-order valence-electron chi connectivity index (χ3n) is 7.46. The predicted octanol–water partition coefficient (Wildman–Crippen LogP) is 3.65. The summed E-state index contributed by atoms with van der Waals surface area (Å²) in [6.45, 7) is 4.99. The van der Waals surface area contributed by atoms with E-state index in [4.69, 9.17) is 18.9 Å². The van der Waals surface area contributed by atoms with Crippen LogP contribution in [0.4, 0.5) is 5.69 Å². The van der Waals surface area contributed by atoms with E-state index in [0.29, 0.717) is 18.4 Å². The van der Waals surface area contributed by atoms with Crippen LogP contribution in [0.25, 0.3) is 0 Å². The summed E-state index contributed by atoms with van der Waals surface area (Å²) in [5.74, 6) is -1.59. The van der Waals surface area contributed by atoms with Crippen LogP contribution in [0, 0.1) is 10.1 Å². The molecule has 13 heteroatoms. The van der Waals surface area contributed by atoms with Crippen molar-refractivity contribution < 1.29 is 43.0 Å². The van der Waals surface area contributed by atoms with Crippen molar-refractivity contribution in [2.24, 2.45) is 0 Å². The molecule has 0 aliphatic heterocycles. The van der Waals surface area contributed by atoms with E-state index in [1.807, 2.05) is 0 Å². The molecule has 1 aromatic rings. The summed E-state index contributed by atoms with van der Waals surface area (Å²) in [5, 5.41) is 16.7. The van der Waals surface area contributed by atoms with Crippen LogP contribution in [0.15, 0.2) is 24.3 Å². The van der Waals surface area contributed by atoms with Gasteiger partial charge in [0.2, 0.25) is 11.8 Å². The lowest BCUT2D eigenvalue weighted by Gasteiger charge is -2.33. The average molecular weight is 620 g/mol. The Balaban J connectivity index is 1.38. The van der Waals surface area contributed by atoms with Gasteiger partial charge in [0, 0.05) is 18.6 Å². The van der Waals surface area contributed by atoms with Crippen LogP contribution in [0.2, 0.25) is 0 Å². The second-order valence-electron chi connectivity index (χ2n) is 12.3. The van der Waals surface area contributed by atoms with Gasteiger partial charge < -0.3 is 29.6 Å². The van der Waals surface area contributed by atoms with Gasteiger partial charge in [0.1, 0.15) is 25.4 Å². The predicted molar refractivity (Wildman–Crippen MR) is 158 cm³/mol. The van der Waals surface area contributed by atoms with Crippen LogP contribution in [0.5, 0.6) is 0 Å². The zero-order valence-corrected chi connectivity index (χ0v) is 25.8. The van der Waals surface area contributed by atoms with Crippen LogP contribution in [-0.4, -0.2) is 71.8 Å². The van der Waals surface area contributed by atoms with Gasteiger partial charge in [-0.05, 0) is 64.2 Å². The van der Waals surface area contributed by atoms with E-state index in [2.05, 4.69) is 10.6 Å². The number of nitrogens with zero attached hydrogens (tertiary/aromatic N) is 1. The lowest BCUT2D eigenvalue weighted by Crippen LogP contribution is -2.50. The number of non-ortho nitro benzene ring substituents is 1. The largest absolute Gasteiger partial charge is 0.461 e.